The Bertz CT molecular complexity index is 646. The second-order valence-corrected chi connectivity index (χ2v) is 4.41. The van der Waals surface area contributed by atoms with E-state index < -0.39 is 4.92 Å². The number of pyridine rings is 1. The minimum absolute atomic E-state index is 0.0694. The van der Waals surface area contributed by atoms with Gasteiger partial charge in [-0.05, 0) is 24.6 Å². The van der Waals surface area contributed by atoms with Crippen LogP contribution in [0.15, 0.2) is 30.3 Å². The number of rotatable bonds is 3. The first-order valence-corrected chi connectivity index (χ1v) is 5.78. The van der Waals surface area contributed by atoms with Gasteiger partial charge in [0.05, 0.1) is 27.8 Å². The van der Waals surface area contributed by atoms with Crippen LogP contribution in [0.2, 0.25) is 5.02 Å². The average Bonchev–Trinajstić information content (AvgIpc) is 2.32. The molecule has 1 aromatic heterocycles. The van der Waals surface area contributed by atoms with Gasteiger partial charge in [-0.2, -0.15) is 0 Å². The van der Waals surface area contributed by atoms with E-state index in [4.69, 9.17) is 17.3 Å². The lowest BCUT2D eigenvalue weighted by atomic mass is 10.2. The molecule has 2 aromatic rings. The molecule has 6 nitrogen and oxygen atoms in total. The number of nitrogen functional groups attached to an aromatic ring is 1. The Balaban J connectivity index is 2.35. The second-order valence-electron chi connectivity index (χ2n) is 4.00. The summed E-state index contributed by atoms with van der Waals surface area (Å²) in [4.78, 5) is 14.2. The predicted molar refractivity (Wildman–Crippen MR) is 74.8 cm³/mol. The van der Waals surface area contributed by atoms with E-state index in [2.05, 4.69) is 10.3 Å². The zero-order chi connectivity index (χ0) is 14.0. The number of nitrogens with zero attached hydrogens (tertiary/aromatic N) is 2. The van der Waals surface area contributed by atoms with Crippen LogP contribution in [0.3, 0.4) is 0 Å². The molecule has 1 aromatic carbocycles. The highest BCUT2D eigenvalue weighted by molar-refractivity contribution is 6.33. The average molecular weight is 279 g/mol. The Kier molecular flexibility index (Phi) is 3.52. The van der Waals surface area contributed by atoms with Gasteiger partial charge in [0.15, 0.2) is 0 Å². The predicted octanol–water partition coefficient (Wildman–Crippen LogP) is 3.28. The molecule has 2 rings (SSSR count). The molecule has 0 bridgehead atoms. The topological polar surface area (TPSA) is 94.1 Å². The molecule has 0 spiro atoms. The molecule has 0 unspecified atom stereocenters. The standard InChI is InChI=1S/C12H11ClN4O2/c1-7-2-3-10(9(13)4-7)15-12-6-8(17(18)19)5-11(14)16-12/h2-6H,1H3,(H3,14,15,16). The first kappa shape index (κ1) is 13.1. The van der Waals surface area contributed by atoms with Crippen molar-refractivity contribution in [1.29, 1.82) is 0 Å². The molecule has 0 saturated carbocycles. The maximum absolute atomic E-state index is 10.7. The fraction of sp³-hybridized carbons (Fsp3) is 0.0833. The van der Waals surface area contributed by atoms with Gasteiger partial charge in [-0.1, -0.05) is 17.7 Å². The number of halogens is 1. The van der Waals surface area contributed by atoms with Crippen molar-refractivity contribution in [1.82, 2.24) is 4.98 Å². The first-order chi connectivity index (χ1) is 8.95. The normalized spacial score (nSPS) is 10.2. The number of hydrogen-bond acceptors (Lipinski definition) is 5. The van der Waals surface area contributed by atoms with Gasteiger partial charge >= 0.3 is 0 Å². The van der Waals surface area contributed by atoms with Gasteiger partial charge in [-0.15, -0.1) is 0 Å². The number of hydrogen-bond donors (Lipinski definition) is 2. The van der Waals surface area contributed by atoms with E-state index in [1.54, 1.807) is 12.1 Å². The van der Waals surface area contributed by atoms with Crippen LogP contribution in [0.25, 0.3) is 0 Å². The van der Waals surface area contributed by atoms with Crippen molar-refractivity contribution in [3.63, 3.8) is 0 Å². The third-order valence-electron chi connectivity index (χ3n) is 2.43. The largest absolute Gasteiger partial charge is 0.383 e. The molecule has 7 heteroatoms. The van der Waals surface area contributed by atoms with Crippen LogP contribution >= 0.6 is 11.6 Å². The lowest BCUT2D eigenvalue weighted by molar-refractivity contribution is -0.384. The number of nitrogens with one attached hydrogen (secondary N) is 1. The van der Waals surface area contributed by atoms with E-state index in [0.29, 0.717) is 10.7 Å². The number of nitrogens with two attached hydrogens (primary N) is 1. The van der Waals surface area contributed by atoms with Crippen LogP contribution in [0.5, 0.6) is 0 Å². The summed E-state index contributed by atoms with van der Waals surface area (Å²) in [7, 11) is 0. The smallest absolute Gasteiger partial charge is 0.276 e. The summed E-state index contributed by atoms with van der Waals surface area (Å²) in [6, 6.07) is 7.92. The van der Waals surface area contributed by atoms with Gasteiger partial charge in [0.2, 0.25) is 0 Å². The van der Waals surface area contributed by atoms with E-state index in [9.17, 15) is 10.1 Å². The van der Waals surface area contributed by atoms with Gasteiger partial charge in [0.25, 0.3) is 5.69 Å². The molecule has 0 atom stereocenters. The van der Waals surface area contributed by atoms with Crippen LogP contribution in [-0.2, 0) is 0 Å². The molecule has 19 heavy (non-hydrogen) atoms. The van der Waals surface area contributed by atoms with Crippen LogP contribution in [0.1, 0.15) is 5.56 Å². The molecule has 0 aliphatic rings. The van der Waals surface area contributed by atoms with E-state index >= 15 is 0 Å². The van der Waals surface area contributed by atoms with Crippen molar-refractivity contribution in [3.8, 4) is 0 Å². The minimum Gasteiger partial charge on any atom is -0.383 e. The Morgan fingerprint density at radius 1 is 1.37 bits per heavy atom. The van der Waals surface area contributed by atoms with E-state index in [1.807, 2.05) is 13.0 Å². The molecule has 1 heterocycles. The summed E-state index contributed by atoms with van der Waals surface area (Å²) in [6.45, 7) is 1.92. The van der Waals surface area contributed by atoms with Crippen LogP contribution < -0.4 is 11.1 Å². The number of anilines is 3. The zero-order valence-corrected chi connectivity index (χ0v) is 10.8. The highest BCUT2D eigenvalue weighted by Gasteiger charge is 2.10. The second kappa shape index (κ2) is 5.11. The summed E-state index contributed by atoms with van der Waals surface area (Å²) in [5.74, 6) is 0.345. The summed E-state index contributed by atoms with van der Waals surface area (Å²) in [6.07, 6.45) is 0. The van der Waals surface area contributed by atoms with Crippen molar-refractivity contribution in [3.05, 3.63) is 51.0 Å². The monoisotopic (exact) mass is 278 g/mol. The summed E-state index contributed by atoms with van der Waals surface area (Å²) in [5.41, 5.74) is 7.02. The number of benzene rings is 1. The molecule has 0 fully saturated rings. The molecule has 0 saturated heterocycles. The Hall–Kier alpha value is -2.34. The Morgan fingerprint density at radius 2 is 2.11 bits per heavy atom. The Morgan fingerprint density at radius 3 is 2.74 bits per heavy atom. The fourth-order valence-electron chi connectivity index (χ4n) is 1.57. The molecule has 0 radical (unpaired) electrons. The lowest BCUT2D eigenvalue weighted by Crippen LogP contribution is -2.00. The molecule has 0 amide bonds. The van der Waals surface area contributed by atoms with Crippen molar-refractivity contribution in [2.45, 2.75) is 6.92 Å². The summed E-state index contributed by atoms with van der Waals surface area (Å²) < 4.78 is 0. The van der Waals surface area contributed by atoms with E-state index in [0.717, 1.165) is 5.56 Å². The Labute approximate surface area is 114 Å². The fourth-order valence-corrected chi connectivity index (χ4v) is 1.85. The van der Waals surface area contributed by atoms with Gasteiger partial charge in [0, 0.05) is 0 Å². The van der Waals surface area contributed by atoms with Crippen LogP contribution in [0.4, 0.5) is 23.0 Å². The van der Waals surface area contributed by atoms with Crippen molar-refractivity contribution in [2.75, 3.05) is 11.1 Å². The third kappa shape index (κ3) is 3.11. The third-order valence-corrected chi connectivity index (χ3v) is 2.74. The van der Waals surface area contributed by atoms with Crippen molar-refractivity contribution >= 4 is 34.6 Å². The molecule has 0 aliphatic heterocycles. The molecule has 0 aliphatic carbocycles. The molecular formula is C12H11ClN4O2. The first-order valence-electron chi connectivity index (χ1n) is 5.41. The summed E-state index contributed by atoms with van der Waals surface area (Å²) >= 11 is 6.07. The number of aromatic nitrogens is 1. The van der Waals surface area contributed by atoms with Crippen molar-refractivity contribution in [2.24, 2.45) is 0 Å². The van der Waals surface area contributed by atoms with Crippen LogP contribution in [0, 0.1) is 17.0 Å². The van der Waals surface area contributed by atoms with Gasteiger partial charge in [-0.25, -0.2) is 4.98 Å². The van der Waals surface area contributed by atoms with Gasteiger partial charge in [-0.3, -0.25) is 10.1 Å². The van der Waals surface area contributed by atoms with Crippen LogP contribution in [-0.4, -0.2) is 9.91 Å². The van der Waals surface area contributed by atoms with Gasteiger partial charge < -0.3 is 11.1 Å². The quantitative estimate of drug-likeness (QED) is 0.664. The number of nitro groups is 1. The minimum atomic E-state index is -0.528. The summed E-state index contributed by atoms with van der Waals surface area (Å²) in [5, 5.41) is 14.2. The molecule has 3 N–H and O–H groups in total. The number of aryl methyl sites for hydroxylation is 1. The maximum Gasteiger partial charge on any atom is 0.276 e. The van der Waals surface area contributed by atoms with E-state index in [-0.39, 0.29) is 17.3 Å². The molecule has 98 valence electrons. The lowest BCUT2D eigenvalue weighted by Gasteiger charge is -2.08. The highest BCUT2D eigenvalue weighted by Crippen LogP contribution is 2.27. The molecular weight excluding hydrogens is 268 g/mol. The van der Waals surface area contributed by atoms with E-state index in [1.165, 1.54) is 12.1 Å². The zero-order valence-electron chi connectivity index (χ0n) is 10.1. The SMILES string of the molecule is Cc1ccc(Nc2cc([N+](=O)[O-])cc(N)n2)c(Cl)c1. The van der Waals surface area contributed by atoms with Gasteiger partial charge in [0.1, 0.15) is 11.6 Å². The maximum atomic E-state index is 10.7. The highest BCUT2D eigenvalue weighted by atomic mass is 35.5. The van der Waals surface area contributed by atoms with Crippen molar-refractivity contribution < 1.29 is 4.92 Å².